The molecule has 0 saturated carbocycles. The summed E-state index contributed by atoms with van der Waals surface area (Å²) < 4.78 is 21.8. The molecule has 2 aliphatic heterocycles. The zero-order chi connectivity index (χ0) is 24.5. The molecule has 2 fully saturated rings. The number of fused-ring (bicyclic) bond motifs is 1. The minimum atomic E-state index is -0.875. The molecular formula is C24H32FN5O4. The first-order valence-electron chi connectivity index (χ1n) is 11.7. The van der Waals surface area contributed by atoms with E-state index < -0.39 is 23.2 Å². The van der Waals surface area contributed by atoms with Crippen LogP contribution in [0.3, 0.4) is 0 Å². The molecule has 2 atom stereocenters. The third kappa shape index (κ3) is 5.22. The van der Waals surface area contributed by atoms with Crippen molar-refractivity contribution in [2.45, 2.75) is 58.7 Å². The number of aromatic nitrogens is 2. The van der Waals surface area contributed by atoms with Crippen LogP contribution in [-0.4, -0.2) is 59.3 Å². The Morgan fingerprint density at radius 1 is 1.29 bits per heavy atom. The molecule has 1 aromatic heterocycles. The van der Waals surface area contributed by atoms with Gasteiger partial charge in [-0.05, 0) is 30.2 Å². The summed E-state index contributed by atoms with van der Waals surface area (Å²) >= 11 is 0. The van der Waals surface area contributed by atoms with Crippen LogP contribution in [0.25, 0.3) is 10.9 Å². The van der Waals surface area contributed by atoms with Gasteiger partial charge in [0.25, 0.3) is 5.91 Å². The number of para-hydroxylation sites is 1. The highest BCUT2D eigenvalue weighted by atomic mass is 19.1. The molecule has 1 aromatic carbocycles. The van der Waals surface area contributed by atoms with Crippen molar-refractivity contribution in [2.24, 2.45) is 11.3 Å². The summed E-state index contributed by atoms with van der Waals surface area (Å²) in [6.07, 6.45) is 1.90. The van der Waals surface area contributed by atoms with Crippen molar-refractivity contribution in [3.8, 4) is 0 Å². The lowest BCUT2D eigenvalue weighted by atomic mass is 9.85. The van der Waals surface area contributed by atoms with Crippen molar-refractivity contribution in [2.75, 3.05) is 19.8 Å². The van der Waals surface area contributed by atoms with Gasteiger partial charge in [-0.1, -0.05) is 32.9 Å². The molecule has 2 aromatic rings. The lowest BCUT2D eigenvalue weighted by Gasteiger charge is -2.31. The summed E-state index contributed by atoms with van der Waals surface area (Å²) in [5.41, 5.74) is -0.241. The Morgan fingerprint density at radius 3 is 2.68 bits per heavy atom. The van der Waals surface area contributed by atoms with Gasteiger partial charge >= 0.3 is 0 Å². The van der Waals surface area contributed by atoms with E-state index in [1.165, 1.54) is 6.07 Å². The fourth-order valence-electron chi connectivity index (χ4n) is 4.53. The number of carbonyl (C=O) groups excluding carboxylic acids is 3. The fraction of sp³-hybridized carbons (Fsp3) is 0.583. The predicted molar refractivity (Wildman–Crippen MR) is 124 cm³/mol. The van der Waals surface area contributed by atoms with Gasteiger partial charge in [0.2, 0.25) is 11.8 Å². The number of rotatable bonds is 6. The van der Waals surface area contributed by atoms with Crippen LogP contribution in [0.15, 0.2) is 18.2 Å². The number of hydrogen-bond acceptors (Lipinski definition) is 5. The standard InChI is InChI=1S/C24H32FN5O4/c1-24(2,3)21(23(33)27-15-11-18(31)26-12-15)28-22(32)19-16-5-4-6-17(25)20(16)30(29-19)13-14-7-9-34-10-8-14/h4-6,14-15,21H,7-13H2,1-3H3,(H,26,31)(H,27,33)(H,28,32)/t15-,21?/m0/s1. The number of ether oxygens (including phenoxy) is 1. The van der Waals surface area contributed by atoms with Crippen LogP contribution in [0.2, 0.25) is 0 Å². The predicted octanol–water partition coefficient (Wildman–Crippen LogP) is 1.75. The zero-order valence-electron chi connectivity index (χ0n) is 19.8. The first-order chi connectivity index (χ1) is 16.1. The monoisotopic (exact) mass is 473 g/mol. The smallest absolute Gasteiger partial charge is 0.273 e. The van der Waals surface area contributed by atoms with E-state index in [-0.39, 0.29) is 41.4 Å². The number of nitrogens with one attached hydrogen (secondary N) is 3. The lowest BCUT2D eigenvalue weighted by molar-refractivity contribution is -0.126. The number of benzene rings is 1. The van der Waals surface area contributed by atoms with Gasteiger partial charge < -0.3 is 20.7 Å². The number of halogens is 1. The summed E-state index contributed by atoms with van der Waals surface area (Å²) in [5.74, 6) is -1.20. The molecule has 0 bridgehead atoms. The molecule has 1 unspecified atom stereocenters. The number of amides is 3. The molecule has 10 heteroatoms. The number of carbonyl (C=O) groups is 3. The van der Waals surface area contributed by atoms with Crippen LogP contribution < -0.4 is 16.0 Å². The molecule has 2 aliphatic rings. The molecule has 34 heavy (non-hydrogen) atoms. The highest BCUT2D eigenvalue weighted by Gasteiger charge is 2.36. The minimum Gasteiger partial charge on any atom is -0.381 e. The Balaban J connectivity index is 1.58. The van der Waals surface area contributed by atoms with Gasteiger partial charge in [0.05, 0.1) is 6.04 Å². The van der Waals surface area contributed by atoms with Gasteiger partial charge in [0.1, 0.15) is 17.4 Å². The summed E-state index contributed by atoms with van der Waals surface area (Å²) in [4.78, 5) is 37.9. The lowest BCUT2D eigenvalue weighted by Crippen LogP contribution is -2.55. The second-order valence-corrected chi connectivity index (χ2v) is 10.2. The van der Waals surface area contributed by atoms with Crippen LogP contribution >= 0.6 is 0 Å². The Hall–Kier alpha value is -3.01. The first-order valence-corrected chi connectivity index (χ1v) is 11.7. The van der Waals surface area contributed by atoms with Crippen LogP contribution in [0.5, 0.6) is 0 Å². The van der Waals surface area contributed by atoms with Crippen molar-refractivity contribution in [3.05, 3.63) is 29.7 Å². The van der Waals surface area contributed by atoms with E-state index in [1.807, 2.05) is 20.8 Å². The van der Waals surface area contributed by atoms with Gasteiger partial charge in [-0.25, -0.2) is 4.39 Å². The molecule has 0 spiro atoms. The van der Waals surface area contributed by atoms with E-state index in [0.717, 1.165) is 12.8 Å². The minimum absolute atomic E-state index is 0.0846. The Morgan fingerprint density at radius 2 is 2.03 bits per heavy atom. The zero-order valence-corrected chi connectivity index (χ0v) is 19.8. The van der Waals surface area contributed by atoms with Crippen LogP contribution in [0.4, 0.5) is 4.39 Å². The third-order valence-electron chi connectivity index (χ3n) is 6.44. The maximum Gasteiger partial charge on any atom is 0.273 e. The van der Waals surface area contributed by atoms with Crippen LogP contribution in [-0.2, 0) is 20.9 Å². The molecule has 184 valence electrons. The fourth-order valence-corrected chi connectivity index (χ4v) is 4.53. The van der Waals surface area contributed by atoms with Crippen molar-refractivity contribution < 1.29 is 23.5 Å². The van der Waals surface area contributed by atoms with E-state index in [9.17, 15) is 18.8 Å². The van der Waals surface area contributed by atoms with E-state index >= 15 is 0 Å². The molecule has 9 nitrogen and oxygen atoms in total. The second-order valence-electron chi connectivity index (χ2n) is 10.2. The van der Waals surface area contributed by atoms with E-state index in [4.69, 9.17) is 4.74 Å². The molecular weight excluding hydrogens is 441 g/mol. The molecule has 0 aliphatic carbocycles. The van der Waals surface area contributed by atoms with Gasteiger partial charge in [0, 0.05) is 38.1 Å². The van der Waals surface area contributed by atoms with Crippen molar-refractivity contribution >= 4 is 28.6 Å². The Labute approximate surface area is 197 Å². The van der Waals surface area contributed by atoms with Crippen molar-refractivity contribution in [1.82, 2.24) is 25.7 Å². The van der Waals surface area contributed by atoms with Crippen LogP contribution in [0.1, 0.15) is 50.5 Å². The largest absolute Gasteiger partial charge is 0.381 e. The normalized spacial score (nSPS) is 20.2. The third-order valence-corrected chi connectivity index (χ3v) is 6.44. The summed E-state index contributed by atoms with van der Waals surface area (Å²) in [6, 6.07) is 3.37. The SMILES string of the molecule is CC(C)(C)C(NC(=O)c1nn(CC2CCOCC2)c2c(F)cccc12)C(=O)N[C@@H]1CNC(=O)C1. The summed E-state index contributed by atoms with van der Waals surface area (Å²) in [5, 5.41) is 13.2. The van der Waals surface area contributed by atoms with E-state index in [2.05, 4.69) is 21.0 Å². The second kappa shape index (κ2) is 9.69. The average molecular weight is 474 g/mol. The Bertz CT molecular complexity index is 1090. The van der Waals surface area contributed by atoms with Crippen LogP contribution in [0, 0.1) is 17.2 Å². The molecule has 3 N–H and O–H groups in total. The molecule has 0 radical (unpaired) electrons. The van der Waals surface area contributed by atoms with E-state index in [0.29, 0.717) is 31.7 Å². The number of hydrogen-bond donors (Lipinski definition) is 3. The van der Waals surface area contributed by atoms with Gasteiger partial charge in [-0.3, -0.25) is 19.1 Å². The summed E-state index contributed by atoms with van der Waals surface area (Å²) in [7, 11) is 0. The molecule has 2 saturated heterocycles. The average Bonchev–Trinajstić information content (AvgIpc) is 3.35. The summed E-state index contributed by atoms with van der Waals surface area (Å²) in [6.45, 7) is 7.69. The number of nitrogens with zero attached hydrogens (tertiary/aromatic N) is 2. The maximum absolute atomic E-state index is 14.8. The van der Waals surface area contributed by atoms with Crippen molar-refractivity contribution in [1.29, 1.82) is 0 Å². The van der Waals surface area contributed by atoms with Gasteiger partial charge in [-0.15, -0.1) is 0 Å². The molecule has 3 amide bonds. The Kier molecular flexibility index (Phi) is 6.88. The highest BCUT2D eigenvalue weighted by Crippen LogP contribution is 2.26. The highest BCUT2D eigenvalue weighted by molar-refractivity contribution is 6.06. The van der Waals surface area contributed by atoms with Crippen molar-refractivity contribution in [3.63, 3.8) is 0 Å². The maximum atomic E-state index is 14.8. The first kappa shape index (κ1) is 24.1. The van der Waals surface area contributed by atoms with Gasteiger partial charge in [0.15, 0.2) is 5.69 Å². The topological polar surface area (TPSA) is 114 Å². The van der Waals surface area contributed by atoms with E-state index in [1.54, 1.807) is 16.8 Å². The molecule has 3 heterocycles. The quantitative estimate of drug-likeness (QED) is 0.592. The molecule has 4 rings (SSSR count). The van der Waals surface area contributed by atoms with Gasteiger partial charge in [-0.2, -0.15) is 5.10 Å².